The molecule has 0 bridgehead atoms. The van der Waals surface area contributed by atoms with Gasteiger partial charge in [-0.1, -0.05) is 6.07 Å². The molecule has 0 radical (unpaired) electrons. The van der Waals surface area contributed by atoms with Gasteiger partial charge in [0.05, 0.1) is 22.2 Å². The van der Waals surface area contributed by atoms with Crippen LogP contribution in [0.5, 0.6) is 5.75 Å². The molecule has 5 amide bonds. The van der Waals surface area contributed by atoms with Crippen molar-refractivity contribution in [1.29, 1.82) is 0 Å². The third kappa shape index (κ3) is 8.77. The number of aromatic nitrogens is 2. The molecule has 3 atom stereocenters. The van der Waals surface area contributed by atoms with Crippen molar-refractivity contribution < 1.29 is 42.2 Å². The molecule has 1 aliphatic carbocycles. The average Bonchev–Trinajstić information content (AvgIpc) is 3.99. The Labute approximate surface area is 372 Å². The zero-order valence-electron chi connectivity index (χ0n) is 35.5. The van der Waals surface area contributed by atoms with Crippen LogP contribution in [0.3, 0.4) is 0 Å². The Balaban J connectivity index is 0.777. The molecule has 3 unspecified atom stereocenters. The fourth-order valence-corrected chi connectivity index (χ4v) is 9.92. The molecular formula is C48H48F2N8O7. The van der Waals surface area contributed by atoms with E-state index in [9.17, 15) is 32.8 Å². The predicted molar refractivity (Wildman–Crippen MR) is 236 cm³/mol. The maximum atomic E-state index is 14.1. The lowest BCUT2D eigenvalue weighted by molar-refractivity contribution is -0.136. The van der Waals surface area contributed by atoms with Crippen LogP contribution < -0.4 is 25.6 Å². The number of ether oxygens (including phenoxy) is 2. The largest absolute Gasteiger partial charge is 0.490 e. The van der Waals surface area contributed by atoms with Gasteiger partial charge in [-0.3, -0.25) is 44.2 Å². The number of aromatic amines is 1. The molecule has 65 heavy (non-hydrogen) atoms. The summed E-state index contributed by atoms with van der Waals surface area (Å²) in [6, 6.07) is 19.2. The van der Waals surface area contributed by atoms with Crippen LogP contribution in [0.25, 0.3) is 10.9 Å². The van der Waals surface area contributed by atoms with Gasteiger partial charge in [0.1, 0.15) is 29.5 Å². The molecule has 4 fully saturated rings. The number of nitrogens with one attached hydrogen (secondary N) is 4. The number of benzene rings is 4. The van der Waals surface area contributed by atoms with E-state index < -0.39 is 41.3 Å². The molecule has 336 valence electrons. The summed E-state index contributed by atoms with van der Waals surface area (Å²) in [6.07, 6.45) is 4.62. The molecule has 10 rings (SSSR count). The molecule has 5 aliphatic rings. The number of halogens is 2. The first kappa shape index (κ1) is 42.2. The normalized spacial score (nSPS) is 21.8. The summed E-state index contributed by atoms with van der Waals surface area (Å²) in [5.41, 5.74) is 4.64. The number of carbonyl (C=O) groups excluding carboxylic acids is 5. The summed E-state index contributed by atoms with van der Waals surface area (Å²) in [7, 11) is 0. The standard InChI is InChI=1S/C48H48F2N8O7/c49-29-20-28(21-30(50)23-29)19-27-1-8-40-39(22-27)44(55-54-40)53-45(60)37-6-3-33(25-41(37)51-31-11-17-64-18-12-31)57-15-13-56(14-16-57)32-2-4-34(24-32)65-35-5-7-36-38(26-35)48(63)58(47(36)62)42-9-10-43(59)52-46(42)61/h1,3,5-8,20-23,25-26,31-32,34,42,51H,2,4,9-19,24H2,(H,52,59,61)(H2,53,54,55,60). The van der Waals surface area contributed by atoms with Crippen molar-refractivity contribution in [3.05, 3.63) is 112 Å². The number of anilines is 3. The summed E-state index contributed by atoms with van der Waals surface area (Å²) in [4.78, 5) is 70.5. The minimum atomic E-state index is -1.02. The second kappa shape index (κ2) is 17.7. The van der Waals surface area contributed by atoms with Crippen LogP contribution in [0.4, 0.5) is 26.0 Å². The molecular weight excluding hydrogens is 839 g/mol. The highest BCUT2D eigenvalue weighted by molar-refractivity contribution is 6.23. The Morgan fingerprint density at radius 2 is 1.60 bits per heavy atom. The molecule has 4 aliphatic heterocycles. The van der Waals surface area contributed by atoms with Gasteiger partial charge in [-0.2, -0.15) is 5.10 Å². The van der Waals surface area contributed by atoms with Crippen LogP contribution in [0, 0.1) is 11.6 Å². The molecule has 1 saturated carbocycles. The van der Waals surface area contributed by atoms with Gasteiger partial charge in [-0.25, -0.2) is 8.78 Å². The van der Waals surface area contributed by atoms with E-state index in [0.29, 0.717) is 59.3 Å². The smallest absolute Gasteiger partial charge is 0.262 e. The molecule has 17 heteroatoms. The highest BCUT2D eigenvalue weighted by Gasteiger charge is 2.45. The van der Waals surface area contributed by atoms with Gasteiger partial charge in [0.25, 0.3) is 17.7 Å². The lowest BCUT2D eigenvalue weighted by Gasteiger charge is -2.39. The second-order valence-corrected chi connectivity index (χ2v) is 17.5. The van der Waals surface area contributed by atoms with Gasteiger partial charge >= 0.3 is 0 Å². The van der Waals surface area contributed by atoms with Gasteiger partial charge in [0, 0.05) is 80.7 Å². The van der Waals surface area contributed by atoms with Crippen LogP contribution in [0.2, 0.25) is 0 Å². The number of carbonyl (C=O) groups is 5. The Morgan fingerprint density at radius 3 is 2.38 bits per heavy atom. The number of fused-ring (bicyclic) bond motifs is 2. The second-order valence-electron chi connectivity index (χ2n) is 17.5. The number of rotatable bonds is 11. The van der Waals surface area contributed by atoms with E-state index in [-0.39, 0.29) is 42.0 Å². The Kier molecular flexibility index (Phi) is 11.5. The number of H-pyrrole nitrogens is 1. The Morgan fingerprint density at radius 1 is 0.815 bits per heavy atom. The highest BCUT2D eigenvalue weighted by atomic mass is 19.1. The number of piperazine rings is 1. The number of nitrogens with zero attached hydrogens (tertiary/aromatic N) is 4. The van der Waals surface area contributed by atoms with Gasteiger partial charge in [0.2, 0.25) is 11.8 Å². The SMILES string of the molecule is O=C1CCC(N2C(=O)c3ccc(OC4CCC(N5CCN(c6ccc(C(=O)Nc7n[nH]c8ccc(Cc9cc(F)cc(F)c9)cc78)c(NC7CCOCC7)c6)CC5)C4)cc3C2=O)C(=O)N1. The van der Waals surface area contributed by atoms with Gasteiger partial charge in [-0.05, 0) is 117 Å². The molecule has 4 aromatic carbocycles. The zero-order valence-corrected chi connectivity index (χ0v) is 35.5. The number of hydrogen-bond acceptors (Lipinski definition) is 11. The van der Waals surface area contributed by atoms with Crippen LogP contribution in [0.1, 0.15) is 87.1 Å². The fraction of sp³-hybridized carbons (Fsp3) is 0.375. The van der Waals surface area contributed by atoms with Crippen molar-refractivity contribution in [3.8, 4) is 5.75 Å². The molecule has 0 spiro atoms. The number of amides is 5. The first-order valence-electron chi connectivity index (χ1n) is 22.3. The van der Waals surface area contributed by atoms with E-state index in [2.05, 4.69) is 42.0 Å². The lowest BCUT2D eigenvalue weighted by Crippen LogP contribution is -2.54. The summed E-state index contributed by atoms with van der Waals surface area (Å²) in [5.74, 6) is -2.92. The quantitative estimate of drug-likeness (QED) is 0.118. The summed E-state index contributed by atoms with van der Waals surface area (Å²) in [6.45, 7) is 4.54. The van der Waals surface area contributed by atoms with Gasteiger partial charge in [-0.15, -0.1) is 0 Å². The maximum absolute atomic E-state index is 14.1. The highest BCUT2D eigenvalue weighted by Crippen LogP contribution is 2.35. The van der Waals surface area contributed by atoms with Crippen molar-refractivity contribution in [2.45, 2.75) is 75.6 Å². The van der Waals surface area contributed by atoms with E-state index in [1.165, 1.54) is 12.1 Å². The Hall–Kier alpha value is -6.72. The fourth-order valence-electron chi connectivity index (χ4n) is 9.92. The molecule has 3 saturated heterocycles. The summed E-state index contributed by atoms with van der Waals surface area (Å²) in [5, 5.41) is 16.9. The van der Waals surface area contributed by atoms with Crippen molar-refractivity contribution in [1.82, 2.24) is 25.3 Å². The third-order valence-corrected chi connectivity index (χ3v) is 13.3. The van der Waals surface area contributed by atoms with Crippen molar-refractivity contribution in [3.63, 3.8) is 0 Å². The van der Waals surface area contributed by atoms with Crippen LogP contribution in [0.15, 0.2) is 72.8 Å². The third-order valence-electron chi connectivity index (χ3n) is 13.3. The maximum Gasteiger partial charge on any atom is 0.262 e. The minimum absolute atomic E-state index is 0.0585. The topological polar surface area (TPSA) is 178 Å². The van der Waals surface area contributed by atoms with Crippen molar-refractivity contribution >= 4 is 57.6 Å². The molecule has 1 aromatic heterocycles. The summed E-state index contributed by atoms with van der Waals surface area (Å²) >= 11 is 0. The van der Waals surface area contributed by atoms with E-state index >= 15 is 0 Å². The number of hydrogen-bond donors (Lipinski definition) is 4. The monoisotopic (exact) mass is 886 g/mol. The van der Waals surface area contributed by atoms with E-state index in [4.69, 9.17) is 9.47 Å². The van der Waals surface area contributed by atoms with E-state index in [1.807, 2.05) is 30.3 Å². The van der Waals surface area contributed by atoms with Gasteiger partial charge < -0.3 is 25.0 Å². The van der Waals surface area contributed by atoms with Crippen LogP contribution in [-0.4, -0.2) is 113 Å². The number of imide groups is 2. The van der Waals surface area contributed by atoms with Gasteiger partial charge in [0.15, 0.2) is 5.82 Å². The first-order valence-corrected chi connectivity index (χ1v) is 22.3. The average molecular weight is 887 g/mol. The van der Waals surface area contributed by atoms with Crippen LogP contribution in [-0.2, 0) is 20.7 Å². The minimum Gasteiger partial charge on any atom is -0.490 e. The number of piperidine rings is 1. The lowest BCUT2D eigenvalue weighted by atomic mass is 10.0. The molecule has 4 N–H and O–H groups in total. The summed E-state index contributed by atoms with van der Waals surface area (Å²) < 4.78 is 39.8. The molecule has 15 nitrogen and oxygen atoms in total. The predicted octanol–water partition coefficient (Wildman–Crippen LogP) is 5.80. The molecule has 5 aromatic rings. The zero-order chi connectivity index (χ0) is 44.8. The van der Waals surface area contributed by atoms with Crippen molar-refractivity contribution in [2.75, 3.05) is 54.9 Å². The Bertz CT molecular complexity index is 2690. The molecule has 5 heterocycles. The van der Waals surface area contributed by atoms with Crippen molar-refractivity contribution in [2.24, 2.45) is 0 Å². The van der Waals surface area contributed by atoms with Crippen LogP contribution >= 0.6 is 0 Å². The van der Waals surface area contributed by atoms with E-state index in [0.717, 1.165) is 86.2 Å². The van der Waals surface area contributed by atoms with E-state index in [1.54, 1.807) is 18.2 Å². The first-order chi connectivity index (χ1) is 31.5.